The smallest absolute Gasteiger partial charge is 0.350 e. The third-order valence-corrected chi connectivity index (χ3v) is 4.86. The minimum absolute atomic E-state index is 0. The van der Waals surface area contributed by atoms with Crippen LogP contribution in [0.2, 0.25) is 0 Å². The average molecular weight is 482 g/mol. The highest BCUT2D eigenvalue weighted by Gasteiger charge is 2.19. The van der Waals surface area contributed by atoms with E-state index in [9.17, 15) is 4.79 Å². The third kappa shape index (κ3) is 8.35. The van der Waals surface area contributed by atoms with E-state index >= 15 is 0 Å². The van der Waals surface area contributed by atoms with Crippen molar-refractivity contribution < 1.29 is 9.53 Å². The summed E-state index contributed by atoms with van der Waals surface area (Å²) in [5, 5.41) is 7.49. The lowest BCUT2D eigenvalue weighted by Gasteiger charge is -2.16. The number of nitrogens with zero attached hydrogens (tertiary/aromatic N) is 2. The van der Waals surface area contributed by atoms with Crippen LogP contribution < -0.4 is 10.6 Å². The average Bonchev–Trinajstić information content (AvgIpc) is 2.95. The Kier molecular flexibility index (Phi) is 12.8. The van der Waals surface area contributed by atoms with Gasteiger partial charge in [0.15, 0.2) is 5.96 Å². The molecule has 1 aromatic heterocycles. The van der Waals surface area contributed by atoms with Crippen LogP contribution in [0, 0.1) is 6.92 Å². The van der Waals surface area contributed by atoms with E-state index in [1.807, 2.05) is 13.8 Å². The van der Waals surface area contributed by atoms with Crippen molar-refractivity contribution in [2.75, 3.05) is 20.2 Å². The Morgan fingerprint density at radius 2 is 2.04 bits per heavy atom. The maximum atomic E-state index is 11.9. The number of hydrogen-bond acceptors (Lipinski definition) is 5. The Morgan fingerprint density at radius 3 is 2.64 bits per heavy atom. The molecule has 1 unspecified atom stereocenters. The number of aryl methyl sites for hydroxylation is 1. The lowest BCUT2D eigenvalue weighted by atomic mass is 10.2. The Labute approximate surface area is 172 Å². The largest absolute Gasteiger partial charge is 0.462 e. The second-order valence-electron chi connectivity index (χ2n) is 5.61. The molecule has 0 saturated heterocycles. The van der Waals surface area contributed by atoms with E-state index in [1.165, 1.54) is 30.6 Å². The number of hydrogen-bond donors (Lipinski definition) is 2. The summed E-state index contributed by atoms with van der Waals surface area (Å²) in [6.45, 7) is 9.12. The van der Waals surface area contributed by atoms with Gasteiger partial charge in [0, 0.05) is 13.6 Å². The summed E-state index contributed by atoms with van der Waals surface area (Å²) in [6, 6.07) is -0.0290. The minimum atomic E-state index is -0.301. The Balaban J connectivity index is 0.00000576. The van der Waals surface area contributed by atoms with E-state index in [4.69, 9.17) is 4.74 Å². The second-order valence-corrected chi connectivity index (χ2v) is 6.64. The van der Waals surface area contributed by atoms with Gasteiger partial charge >= 0.3 is 5.97 Å². The first-order valence-electron chi connectivity index (χ1n) is 8.65. The number of ether oxygens (including phenoxy) is 1. The Hall–Kier alpha value is -0.900. The van der Waals surface area contributed by atoms with Crippen molar-refractivity contribution in [2.24, 2.45) is 4.99 Å². The number of carbonyl (C=O) groups is 1. The number of carbonyl (C=O) groups excluding carboxylic acids is 1. The number of aliphatic imine (C=N–C) groups is 1. The van der Waals surface area contributed by atoms with Crippen molar-refractivity contribution in [1.29, 1.82) is 0 Å². The fourth-order valence-corrected chi connectivity index (χ4v) is 3.17. The minimum Gasteiger partial charge on any atom is -0.462 e. The zero-order chi connectivity index (χ0) is 17.9. The van der Waals surface area contributed by atoms with E-state index in [0.717, 1.165) is 23.9 Å². The van der Waals surface area contributed by atoms with Crippen LogP contribution in [0.5, 0.6) is 0 Å². The standard InChI is InChI=1S/C17H30N4O2S.HI/c1-6-8-9-10-11-19-17(18-5)21-13(4)15-20-12(3)14(24-15)16(22)23-7-2;/h13H,6-11H2,1-5H3,(H2,18,19,21);1H. The Morgan fingerprint density at radius 1 is 1.32 bits per heavy atom. The molecule has 0 bridgehead atoms. The fourth-order valence-electron chi connectivity index (χ4n) is 2.21. The van der Waals surface area contributed by atoms with E-state index in [0.29, 0.717) is 17.2 Å². The van der Waals surface area contributed by atoms with Crippen molar-refractivity contribution in [3.8, 4) is 0 Å². The van der Waals surface area contributed by atoms with Gasteiger partial charge in [-0.2, -0.15) is 0 Å². The SMILES string of the molecule is CCCCCCNC(=NC)NC(C)c1nc(C)c(C(=O)OCC)s1.I. The highest BCUT2D eigenvalue weighted by atomic mass is 127. The number of thiazole rings is 1. The van der Waals surface area contributed by atoms with E-state index in [2.05, 4.69) is 27.5 Å². The van der Waals surface area contributed by atoms with Crippen LogP contribution in [0.4, 0.5) is 0 Å². The molecule has 0 aromatic carbocycles. The first-order valence-corrected chi connectivity index (χ1v) is 9.46. The predicted molar refractivity (Wildman–Crippen MR) is 115 cm³/mol. The molecule has 144 valence electrons. The third-order valence-electron chi connectivity index (χ3n) is 3.54. The summed E-state index contributed by atoms with van der Waals surface area (Å²) >= 11 is 1.37. The van der Waals surface area contributed by atoms with Crippen LogP contribution in [0.1, 0.15) is 72.9 Å². The molecule has 0 fully saturated rings. The predicted octanol–water partition coefficient (Wildman–Crippen LogP) is 4.05. The van der Waals surface area contributed by atoms with Crippen molar-refractivity contribution >= 4 is 47.2 Å². The first-order chi connectivity index (χ1) is 11.5. The molecule has 0 aliphatic rings. The number of aromatic nitrogens is 1. The molecule has 0 saturated carbocycles. The van der Waals surface area contributed by atoms with Gasteiger partial charge in [-0.1, -0.05) is 26.2 Å². The maximum Gasteiger partial charge on any atom is 0.350 e. The lowest BCUT2D eigenvalue weighted by molar-refractivity contribution is 0.0531. The molecule has 6 nitrogen and oxygen atoms in total. The van der Waals surface area contributed by atoms with Crippen LogP contribution in [0.3, 0.4) is 0 Å². The first kappa shape index (κ1) is 24.1. The molecule has 1 atom stereocenters. The van der Waals surface area contributed by atoms with E-state index in [1.54, 1.807) is 14.0 Å². The zero-order valence-corrected chi connectivity index (χ0v) is 19.0. The number of nitrogens with one attached hydrogen (secondary N) is 2. The molecule has 1 heterocycles. The number of esters is 1. The summed E-state index contributed by atoms with van der Waals surface area (Å²) < 4.78 is 5.06. The molecule has 0 aliphatic heterocycles. The summed E-state index contributed by atoms with van der Waals surface area (Å²) in [5.41, 5.74) is 0.713. The van der Waals surface area contributed by atoms with Crippen molar-refractivity contribution in [3.63, 3.8) is 0 Å². The quantitative estimate of drug-likeness (QED) is 0.183. The van der Waals surface area contributed by atoms with Gasteiger partial charge in [-0.05, 0) is 27.2 Å². The molecule has 1 aromatic rings. The molecule has 25 heavy (non-hydrogen) atoms. The van der Waals surface area contributed by atoms with Gasteiger partial charge in [0.05, 0.1) is 18.3 Å². The molecule has 0 amide bonds. The number of rotatable bonds is 9. The van der Waals surface area contributed by atoms with Gasteiger partial charge in [0.2, 0.25) is 0 Å². The molecule has 0 spiro atoms. The molecule has 2 N–H and O–H groups in total. The fraction of sp³-hybridized carbons (Fsp3) is 0.706. The summed E-state index contributed by atoms with van der Waals surface area (Å²) in [6.07, 6.45) is 4.85. The lowest BCUT2D eigenvalue weighted by Crippen LogP contribution is -2.39. The summed E-state index contributed by atoms with van der Waals surface area (Å²) in [7, 11) is 1.76. The zero-order valence-electron chi connectivity index (χ0n) is 15.8. The maximum absolute atomic E-state index is 11.9. The monoisotopic (exact) mass is 482 g/mol. The molecule has 0 aliphatic carbocycles. The van der Waals surface area contributed by atoms with Crippen molar-refractivity contribution in [3.05, 3.63) is 15.6 Å². The number of halogens is 1. The summed E-state index contributed by atoms with van der Waals surface area (Å²) in [4.78, 5) is 21.2. The number of guanidine groups is 1. The van der Waals surface area contributed by atoms with Gasteiger partial charge in [0.1, 0.15) is 9.88 Å². The second kappa shape index (κ2) is 13.3. The van der Waals surface area contributed by atoms with Crippen LogP contribution in [0.15, 0.2) is 4.99 Å². The molecular weight excluding hydrogens is 451 g/mol. The van der Waals surface area contributed by atoms with Crippen LogP contribution in [-0.4, -0.2) is 37.1 Å². The molecular formula is C17H31IN4O2S. The molecule has 1 rings (SSSR count). The van der Waals surface area contributed by atoms with Crippen LogP contribution >= 0.6 is 35.3 Å². The number of unbranched alkanes of at least 4 members (excludes halogenated alkanes) is 3. The highest BCUT2D eigenvalue weighted by Crippen LogP contribution is 2.24. The summed E-state index contributed by atoms with van der Waals surface area (Å²) in [5.74, 6) is 0.453. The van der Waals surface area contributed by atoms with Gasteiger partial charge in [-0.3, -0.25) is 4.99 Å². The molecule has 8 heteroatoms. The van der Waals surface area contributed by atoms with Gasteiger partial charge in [0.25, 0.3) is 0 Å². The Bertz CT molecular complexity index is 549. The van der Waals surface area contributed by atoms with Gasteiger partial charge in [-0.15, -0.1) is 35.3 Å². The van der Waals surface area contributed by atoms with E-state index < -0.39 is 0 Å². The molecule has 0 radical (unpaired) electrons. The topological polar surface area (TPSA) is 75.6 Å². The van der Waals surface area contributed by atoms with Gasteiger partial charge in [-0.25, -0.2) is 9.78 Å². The van der Waals surface area contributed by atoms with Crippen LogP contribution in [-0.2, 0) is 4.74 Å². The normalized spacial score (nSPS) is 12.3. The van der Waals surface area contributed by atoms with Crippen LogP contribution in [0.25, 0.3) is 0 Å². The van der Waals surface area contributed by atoms with Crippen molar-refractivity contribution in [2.45, 2.75) is 59.4 Å². The van der Waals surface area contributed by atoms with E-state index in [-0.39, 0.29) is 36.0 Å². The van der Waals surface area contributed by atoms with Gasteiger partial charge < -0.3 is 15.4 Å². The highest BCUT2D eigenvalue weighted by molar-refractivity contribution is 14.0. The van der Waals surface area contributed by atoms with Crippen molar-refractivity contribution in [1.82, 2.24) is 15.6 Å².